The summed E-state index contributed by atoms with van der Waals surface area (Å²) in [7, 11) is 0. The van der Waals surface area contributed by atoms with Crippen molar-refractivity contribution in [3.63, 3.8) is 0 Å². The zero-order chi connectivity index (χ0) is 22.2. The number of benzene rings is 3. The lowest BCUT2D eigenvalue weighted by atomic mass is 10.1. The number of nitrogens with zero attached hydrogens (tertiary/aromatic N) is 2. The van der Waals surface area contributed by atoms with E-state index in [0.29, 0.717) is 12.2 Å². The van der Waals surface area contributed by atoms with E-state index in [0.717, 1.165) is 37.6 Å². The molecule has 0 radical (unpaired) electrons. The predicted molar refractivity (Wildman–Crippen MR) is 136 cm³/mol. The minimum Gasteiger partial charge on any atom is -0.284 e. The Hall–Kier alpha value is -2.61. The van der Waals surface area contributed by atoms with Gasteiger partial charge in [0, 0.05) is 16.3 Å². The van der Waals surface area contributed by atoms with E-state index in [9.17, 15) is 9.59 Å². The highest BCUT2D eigenvalue weighted by atomic mass is 32.2. The first-order valence-electron chi connectivity index (χ1n) is 10.5. The highest BCUT2D eigenvalue weighted by Gasteiger charge is 2.43. The second kappa shape index (κ2) is 8.73. The molecule has 0 atom stereocenters. The zero-order valence-electron chi connectivity index (χ0n) is 17.4. The predicted octanol–water partition coefficient (Wildman–Crippen LogP) is 6.21. The van der Waals surface area contributed by atoms with Gasteiger partial charge in [0.15, 0.2) is 5.11 Å². The first-order chi connectivity index (χ1) is 15.6. The molecule has 0 N–H and O–H groups in total. The van der Waals surface area contributed by atoms with Crippen molar-refractivity contribution in [2.75, 3.05) is 11.4 Å². The van der Waals surface area contributed by atoms with Gasteiger partial charge in [-0.3, -0.25) is 19.4 Å². The van der Waals surface area contributed by atoms with Gasteiger partial charge in [-0.25, -0.2) is 0 Å². The number of anilines is 1. The lowest BCUT2D eigenvalue weighted by Crippen LogP contribution is -2.57. The van der Waals surface area contributed by atoms with Crippen molar-refractivity contribution >= 4 is 69.1 Å². The number of carbonyl (C=O) groups is 2. The van der Waals surface area contributed by atoms with E-state index in [1.54, 1.807) is 4.90 Å². The molecule has 0 saturated carbocycles. The zero-order valence-corrected chi connectivity index (χ0v) is 19.9. The van der Waals surface area contributed by atoms with Gasteiger partial charge in [-0.2, -0.15) is 0 Å². The van der Waals surface area contributed by atoms with Gasteiger partial charge in [0.25, 0.3) is 11.8 Å². The number of unbranched alkanes of at least 4 members (excludes halogenated alkanes) is 1. The SMILES string of the molecule is CCCCN1C(=O)/C(=C2\Sc3ccc4ccccc4c3S2)C(=O)N(c2ccccc2)C1=S. The van der Waals surface area contributed by atoms with Crippen LogP contribution in [0.1, 0.15) is 19.8 Å². The summed E-state index contributed by atoms with van der Waals surface area (Å²) in [5, 5.41) is 2.52. The maximum absolute atomic E-state index is 13.7. The number of fused-ring (bicyclic) bond motifs is 3. The van der Waals surface area contributed by atoms with Gasteiger partial charge in [0.1, 0.15) is 5.57 Å². The molecule has 3 aromatic carbocycles. The van der Waals surface area contributed by atoms with Crippen LogP contribution in [0, 0.1) is 0 Å². The quantitative estimate of drug-likeness (QED) is 0.254. The largest absolute Gasteiger partial charge is 0.284 e. The first kappa shape index (κ1) is 21.2. The monoisotopic (exact) mass is 476 g/mol. The third-order valence-electron chi connectivity index (χ3n) is 5.49. The van der Waals surface area contributed by atoms with Crippen molar-refractivity contribution in [2.45, 2.75) is 29.6 Å². The van der Waals surface area contributed by atoms with Gasteiger partial charge >= 0.3 is 0 Å². The highest BCUT2D eigenvalue weighted by molar-refractivity contribution is 8.25. The number of thioether (sulfide) groups is 2. The van der Waals surface area contributed by atoms with E-state index in [2.05, 4.69) is 31.2 Å². The van der Waals surface area contributed by atoms with Gasteiger partial charge in [0.05, 0.1) is 9.92 Å². The number of hydrogen-bond donors (Lipinski definition) is 0. The molecule has 0 bridgehead atoms. The molecule has 7 heteroatoms. The maximum atomic E-state index is 13.7. The molecule has 2 aliphatic heterocycles. The van der Waals surface area contributed by atoms with Crippen molar-refractivity contribution in [2.24, 2.45) is 0 Å². The summed E-state index contributed by atoms with van der Waals surface area (Å²) in [4.78, 5) is 32.4. The summed E-state index contributed by atoms with van der Waals surface area (Å²) >= 11 is 8.63. The maximum Gasteiger partial charge on any atom is 0.271 e. The number of thiocarbonyl (C=S) groups is 1. The van der Waals surface area contributed by atoms with E-state index in [-0.39, 0.29) is 22.5 Å². The van der Waals surface area contributed by atoms with Crippen LogP contribution < -0.4 is 4.90 Å². The Morgan fingerprint density at radius 3 is 2.41 bits per heavy atom. The highest BCUT2D eigenvalue weighted by Crippen LogP contribution is 2.55. The van der Waals surface area contributed by atoms with E-state index in [1.165, 1.54) is 28.4 Å². The van der Waals surface area contributed by atoms with E-state index >= 15 is 0 Å². The molecule has 2 aliphatic rings. The molecule has 3 aromatic rings. The molecule has 0 spiro atoms. The number of rotatable bonds is 4. The van der Waals surface area contributed by atoms with Crippen molar-refractivity contribution in [3.8, 4) is 0 Å². The average Bonchev–Trinajstić information content (AvgIpc) is 3.24. The molecule has 0 aromatic heterocycles. The Kier molecular flexibility index (Phi) is 5.80. The van der Waals surface area contributed by atoms with Crippen LogP contribution in [-0.4, -0.2) is 28.4 Å². The van der Waals surface area contributed by atoms with Crippen LogP contribution in [0.25, 0.3) is 10.8 Å². The number of para-hydroxylation sites is 1. The van der Waals surface area contributed by atoms with Gasteiger partial charge in [-0.15, -0.1) is 0 Å². The van der Waals surface area contributed by atoms with Gasteiger partial charge in [-0.05, 0) is 47.6 Å². The van der Waals surface area contributed by atoms with Crippen LogP contribution in [0.2, 0.25) is 0 Å². The fraction of sp³-hybridized carbons (Fsp3) is 0.160. The Bertz CT molecular complexity index is 1290. The van der Waals surface area contributed by atoms with Crippen molar-refractivity contribution < 1.29 is 9.59 Å². The summed E-state index contributed by atoms with van der Waals surface area (Å²) in [5.41, 5.74) is 0.874. The molecule has 1 fully saturated rings. The lowest BCUT2D eigenvalue weighted by molar-refractivity contribution is -0.128. The summed E-state index contributed by atoms with van der Waals surface area (Å²) in [5.74, 6) is -0.654. The van der Waals surface area contributed by atoms with Crippen LogP contribution in [-0.2, 0) is 9.59 Å². The Balaban J connectivity index is 1.62. The normalized spacial score (nSPS) is 18.6. The summed E-state index contributed by atoms with van der Waals surface area (Å²) in [6.45, 7) is 2.56. The molecular weight excluding hydrogens is 456 g/mol. The molecule has 32 heavy (non-hydrogen) atoms. The summed E-state index contributed by atoms with van der Waals surface area (Å²) in [6, 6.07) is 21.6. The molecule has 0 unspecified atom stereocenters. The van der Waals surface area contributed by atoms with Crippen LogP contribution in [0.5, 0.6) is 0 Å². The standard InChI is InChI=1S/C25H20N2O2S3/c1-2-3-15-26-22(28)20(23(29)27(25(26)30)17-10-5-4-6-11-17)24-31-19-14-13-16-9-7-8-12-18(16)21(19)32-24/h4-14H,2-3,15H2,1H3/b24-20-. The molecule has 160 valence electrons. The summed E-state index contributed by atoms with van der Waals surface area (Å²) in [6.07, 6.45) is 1.75. The fourth-order valence-corrected chi connectivity index (χ4v) is 6.89. The Morgan fingerprint density at radius 2 is 1.62 bits per heavy atom. The second-order valence-corrected chi connectivity index (χ2v) is 10.2. The average molecular weight is 477 g/mol. The van der Waals surface area contributed by atoms with Crippen molar-refractivity contribution in [1.29, 1.82) is 0 Å². The molecule has 0 aliphatic carbocycles. The van der Waals surface area contributed by atoms with Gasteiger partial charge in [0.2, 0.25) is 0 Å². The molecule has 5 rings (SSSR count). The van der Waals surface area contributed by atoms with Crippen LogP contribution in [0.3, 0.4) is 0 Å². The number of hydrogen-bond acceptors (Lipinski definition) is 5. The van der Waals surface area contributed by atoms with Gasteiger partial charge < -0.3 is 0 Å². The van der Waals surface area contributed by atoms with E-state index < -0.39 is 0 Å². The van der Waals surface area contributed by atoms with Crippen LogP contribution in [0.15, 0.2) is 86.3 Å². The third kappa shape index (κ3) is 3.54. The third-order valence-corrected chi connectivity index (χ3v) is 8.51. The summed E-state index contributed by atoms with van der Waals surface area (Å²) < 4.78 is 0.719. The Labute approximate surface area is 200 Å². The van der Waals surface area contributed by atoms with Gasteiger partial charge in [-0.1, -0.05) is 85.4 Å². The molecule has 2 amide bonds. The lowest BCUT2D eigenvalue weighted by Gasteiger charge is -2.37. The smallest absolute Gasteiger partial charge is 0.271 e. The topological polar surface area (TPSA) is 40.6 Å². The second-order valence-electron chi connectivity index (χ2n) is 7.55. The number of amides is 2. The van der Waals surface area contributed by atoms with Crippen LogP contribution >= 0.6 is 35.7 Å². The van der Waals surface area contributed by atoms with Crippen molar-refractivity contribution in [3.05, 3.63) is 76.5 Å². The molecule has 4 nitrogen and oxygen atoms in total. The fourth-order valence-electron chi connectivity index (χ4n) is 3.85. The molecule has 1 saturated heterocycles. The molecular formula is C25H20N2O2S3. The molecule has 2 heterocycles. The minimum absolute atomic E-state index is 0.203. The van der Waals surface area contributed by atoms with Crippen LogP contribution in [0.4, 0.5) is 5.69 Å². The Morgan fingerprint density at radius 1 is 0.875 bits per heavy atom. The van der Waals surface area contributed by atoms with E-state index in [4.69, 9.17) is 12.2 Å². The van der Waals surface area contributed by atoms with Crippen molar-refractivity contribution in [1.82, 2.24) is 4.90 Å². The number of carbonyl (C=O) groups excluding carboxylic acids is 2. The first-order valence-corrected chi connectivity index (χ1v) is 12.5. The minimum atomic E-state index is -0.355. The van der Waals surface area contributed by atoms with E-state index in [1.807, 2.05) is 42.5 Å².